The summed E-state index contributed by atoms with van der Waals surface area (Å²) in [5.41, 5.74) is 16.8. The van der Waals surface area contributed by atoms with Gasteiger partial charge in [0.15, 0.2) is 11.5 Å². The Bertz CT molecular complexity index is 934. The number of allylic oxidation sites excluding steroid dienone is 2. The SMILES string of the molecule is CCCC1CCC(C2(N=N)CCC3(CC2)C(=O)C(=NN)C(N=N)=C3c2ccccc2)CC1. The molecule has 2 fully saturated rings. The van der Waals surface area contributed by atoms with Gasteiger partial charge in [0.05, 0.1) is 11.0 Å². The summed E-state index contributed by atoms with van der Waals surface area (Å²) in [7, 11) is 0. The molecule has 4 rings (SSSR count). The van der Waals surface area contributed by atoms with Crippen LogP contribution in [0, 0.1) is 28.3 Å². The Morgan fingerprint density at radius 1 is 1.03 bits per heavy atom. The lowest BCUT2D eigenvalue weighted by Crippen LogP contribution is -2.47. The first-order valence-electron chi connectivity index (χ1n) is 11.9. The summed E-state index contributed by atoms with van der Waals surface area (Å²) in [6, 6.07) is 9.71. The third-order valence-corrected chi connectivity index (χ3v) is 8.39. The molecule has 0 heterocycles. The molecule has 0 atom stereocenters. The van der Waals surface area contributed by atoms with Crippen LogP contribution in [-0.4, -0.2) is 17.0 Å². The molecule has 4 N–H and O–H groups in total. The Kier molecular flexibility index (Phi) is 6.35. The van der Waals surface area contributed by atoms with E-state index in [0.717, 1.165) is 29.9 Å². The van der Waals surface area contributed by atoms with Crippen molar-refractivity contribution in [2.24, 2.45) is 38.4 Å². The average Bonchev–Trinajstić information content (AvgIpc) is 3.08. The highest BCUT2D eigenvalue weighted by atomic mass is 16.1. The van der Waals surface area contributed by atoms with Crippen LogP contribution in [0.2, 0.25) is 0 Å². The Morgan fingerprint density at radius 2 is 1.69 bits per heavy atom. The Labute approximate surface area is 189 Å². The normalized spacial score (nSPS) is 34.3. The van der Waals surface area contributed by atoms with Crippen molar-refractivity contribution in [1.82, 2.24) is 0 Å². The highest BCUT2D eigenvalue weighted by Gasteiger charge is 2.57. The zero-order valence-electron chi connectivity index (χ0n) is 18.9. The van der Waals surface area contributed by atoms with Crippen LogP contribution in [0.15, 0.2) is 51.4 Å². The highest BCUT2D eigenvalue weighted by Crippen LogP contribution is 2.58. The van der Waals surface area contributed by atoms with E-state index < -0.39 is 5.41 Å². The molecule has 3 aliphatic rings. The van der Waals surface area contributed by atoms with Crippen molar-refractivity contribution in [3.63, 3.8) is 0 Å². The van der Waals surface area contributed by atoms with E-state index in [1.165, 1.54) is 25.7 Å². The van der Waals surface area contributed by atoms with E-state index in [1.807, 2.05) is 30.3 Å². The summed E-state index contributed by atoms with van der Waals surface area (Å²) >= 11 is 0. The van der Waals surface area contributed by atoms with Crippen LogP contribution >= 0.6 is 0 Å². The zero-order valence-corrected chi connectivity index (χ0v) is 18.9. The maximum atomic E-state index is 13.6. The molecule has 1 spiro atoms. The van der Waals surface area contributed by atoms with E-state index in [1.54, 1.807) is 0 Å². The molecule has 32 heavy (non-hydrogen) atoms. The van der Waals surface area contributed by atoms with E-state index in [-0.39, 0.29) is 17.0 Å². The minimum Gasteiger partial charge on any atom is -0.323 e. The first kappa shape index (κ1) is 22.5. The summed E-state index contributed by atoms with van der Waals surface area (Å²) in [5, 5.41) is 11.7. The first-order valence-corrected chi connectivity index (χ1v) is 11.9. The van der Waals surface area contributed by atoms with E-state index in [9.17, 15) is 4.79 Å². The fourth-order valence-electron chi connectivity index (χ4n) is 6.63. The summed E-state index contributed by atoms with van der Waals surface area (Å²) in [6.45, 7) is 2.25. The van der Waals surface area contributed by atoms with Crippen molar-refractivity contribution in [3.8, 4) is 0 Å². The number of nitrogens with two attached hydrogens (primary N) is 1. The predicted molar refractivity (Wildman–Crippen MR) is 124 cm³/mol. The van der Waals surface area contributed by atoms with Crippen molar-refractivity contribution in [1.29, 1.82) is 11.1 Å². The second kappa shape index (κ2) is 9.04. The van der Waals surface area contributed by atoms with Crippen LogP contribution in [0.5, 0.6) is 0 Å². The molecular formula is C25H34N6O. The smallest absolute Gasteiger partial charge is 0.195 e. The van der Waals surface area contributed by atoms with Gasteiger partial charge in [-0.1, -0.05) is 62.9 Å². The minimum atomic E-state index is -0.785. The number of nitrogens with one attached hydrogen (secondary N) is 2. The number of hydrogen-bond acceptors (Lipinski definition) is 7. The number of nitrogens with zero attached hydrogens (tertiary/aromatic N) is 3. The van der Waals surface area contributed by atoms with Crippen LogP contribution in [0.4, 0.5) is 0 Å². The first-order chi connectivity index (χ1) is 15.5. The lowest BCUT2D eigenvalue weighted by molar-refractivity contribution is -0.120. The maximum absolute atomic E-state index is 13.6. The molecule has 1 aromatic carbocycles. The molecular weight excluding hydrogens is 400 g/mol. The quantitative estimate of drug-likeness (QED) is 0.277. The molecule has 0 aromatic heterocycles. The number of carbonyl (C=O) groups is 1. The van der Waals surface area contributed by atoms with Gasteiger partial charge in [0.1, 0.15) is 5.70 Å². The monoisotopic (exact) mass is 434 g/mol. The van der Waals surface area contributed by atoms with Crippen LogP contribution in [0.25, 0.3) is 5.57 Å². The fraction of sp³-hybridized carbons (Fsp3) is 0.600. The van der Waals surface area contributed by atoms with Crippen molar-refractivity contribution < 1.29 is 4.79 Å². The van der Waals surface area contributed by atoms with Gasteiger partial charge in [-0.05, 0) is 55.9 Å². The third-order valence-electron chi connectivity index (χ3n) is 8.39. The maximum Gasteiger partial charge on any atom is 0.195 e. The number of carbonyl (C=O) groups excluding carboxylic acids is 1. The largest absolute Gasteiger partial charge is 0.323 e. The van der Waals surface area contributed by atoms with E-state index in [4.69, 9.17) is 16.9 Å². The summed E-state index contributed by atoms with van der Waals surface area (Å²) < 4.78 is 0. The molecule has 0 saturated heterocycles. The molecule has 0 unspecified atom stereocenters. The van der Waals surface area contributed by atoms with E-state index in [0.29, 0.717) is 37.3 Å². The van der Waals surface area contributed by atoms with Gasteiger partial charge in [-0.25, -0.2) is 11.1 Å². The van der Waals surface area contributed by atoms with E-state index >= 15 is 0 Å². The van der Waals surface area contributed by atoms with Crippen LogP contribution in [0.3, 0.4) is 0 Å². The van der Waals surface area contributed by atoms with Crippen LogP contribution in [0.1, 0.15) is 76.7 Å². The van der Waals surface area contributed by atoms with Crippen LogP contribution in [-0.2, 0) is 4.79 Å². The Morgan fingerprint density at radius 3 is 2.22 bits per heavy atom. The number of hydrogen-bond donors (Lipinski definition) is 3. The summed E-state index contributed by atoms with van der Waals surface area (Å²) in [6.07, 6.45) is 9.79. The summed E-state index contributed by atoms with van der Waals surface area (Å²) in [4.78, 5) is 13.6. The van der Waals surface area contributed by atoms with Crippen molar-refractivity contribution in [2.45, 2.75) is 76.7 Å². The molecule has 0 radical (unpaired) electrons. The van der Waals surface area contributed by atoms with Crippen molar-refractivity contribution >= 4 is 17.1 Å². The average molecular weight is 435 g/mol. The van der Waals surface area contributed by atoms with Crippen LogP contribution < -0.4 is 5.84 Å². The van der Waals surface area contributed by atoms with Gasteiger partial charge in [-0.3, -0.25) is 4.79 Å². The molecule has 2 saturated carbocycles. The summed E-state index contributed by atoms with van der Waals surface area (Å²) in [5.74, 6) is 6.69. The lowest BCUT2D eigenvalue weighted by atomic mass is 9.58. The van der Waals surface area contributed by atoms with Gasteiger partial charge < -0.3 is 5.84 Å². The predicted octanol–water partition coefficient (Wildman–Crippen LogP) is 6.26. The zero-order chi connectivity index (χ0) is 22.8. The van der Waals surface area contributed by atoms with Crippen molar-refractivity contribution in [3.05, 3.63) is 41.6 Å². The van der Waals surface area contributed by atoms with Gasteiger partial charge in [-0.2, -0.15) is 15.3 Å². The van der Waals surface area contributed by atoms with Crippen molar-refractivity contribution in [2.75, 3.05) is 0 Å². The Hall–Kier alpha value is -2.70. The van der Waals surface area contributed by atoms with Gasteiger partial charge in [-0.15, -0.1) is 0 Å². The number of benzene rings is 1. The number of hydrazone groups is 1. The fourth-order valence-corrected chi connectivity index (χ4v) is 6.63. The number of ketones is 1. The number of Topliss-reactive ketones (excluding diaryl/α,β-unsaturated/α-hetero) is 1. The molecule has 1 aromatic rings. The van der Waals surface area contributed by atoms with Gasteiger partial charge in [0.25, 0.3) is 0 Å². The third kappa shape index (κ3) is 3.51. The van der Waals surface area contributed by atoms with Gasteiger partial charge in [0.2, 0.25) is 0 Å². The second-order valence-corrected chi connectivity index (χ2v) is 9.81. The van der Waals surface area contributed by atoms with Gasteiger partial charge >= 0.3 is 0 Å². The van der Waals surface area contributed by atoms with Gasteiger partial charge in [0, 0.05) is 5.57 Å². The highest BCUT2D eigenvalue weighted by molar-refractivity contribution is 6.54. The molecule has 0 bridgehead atoms. The molecule has 3 aliphatic carbocycles. The molecule has 7 nitrogen and oxygen atoms in total. The topological polar surface area (TPSA) is 128 Å². The molecule has 0 amide bonds. The molecule has 170 valence electrons. The number of rotatable bonds is 6. The minimum absolute atomic E-state index is 0.106. The lowest BCUT2D eigenvalue weighted by Gasteiger charge is -2.47. The molecule has 0 aliphatic heterocycles. The molecule has 7 heteroatoms. The Balaban J connectivity index is 1.64. The standard InChI is InChI=1S/C25H34N6O/c1-2-6-17-9-11-19(12-10-17)25(31-28)15-13-24(14-16-25)20(18-7-4-3-5-8-18)21(29-26)22(30-27)23(24)32/h3-5,7-8,17,19,26,28H,2,6,9-16,27H2,1H3. The second-order valence-electron chi connectivity index (χ2n) is 9.81. The van der Waals surface area contributed by atoms with E-state index in [2.05, 4.69) is 22.3 Å².